The molecule has 0 saturated carbocycles. The Hall–Kier alpha value is -2.52. The van der Waals surface area contributed by atoms with Crippen LogP contribution in [0.3, 0.4) is 0 Å². The monoisotopic (exact) mass is 307 g/mol. The van der Waals surface area contributed by atoms with Crippen molar-refractivity contribution in [3.63, 3.8) is 0 Å². The number of nitrogens with two attached hydrogens (primary N) is 1. The van der Waals surface area contributed by atoms with Gasteiger partial charge in [-0.05, 0) is 19.1 Å². The number of hydrogen-bond acceptors (Lipinski definition) is 4. The Morgan fingerprint density at radius 2 is 2.19 bits per heavy atom. The number of nitriles is 1. The van der Waals surface area contributed by atoms with E-state index in [1.54, 1.807) is 0 Å². The molecule has 0 radical (unpaired) electrons. The second-order valence-corrected chi connectivity index (χ2v) is 4.66. The van der Waals surface area contributed by atoms with Crippen molar-refractivity contribution in [2.75, 3.05) is 12.8 Å². The van der Waals surface area contributed by atoms with Crippen LogP contribution in [0.15, 0.2) is 18.3 Å². The fraction of sp³-hybridized carbons (Fsp3) is 0.143. The van der Waals surface area contributed by atoms with Crippen molar-refractivity contribution in [2.45, 2.75) is 6.92 Å². The Morgan fingerprint density at radius 3 is 2.76 bits per heavy atom. The zero-order valence-electron chi connectivity index (χ0n) is 11.3. The van der Waals surface area contributed by atoms with Crippen LogP contribution in [-0.2, 0) is 4.74 Å². The van der Waals surface area contributed by atoms with E-state index in [0.29, 0.717) is 5.69 Å². The summed E-state index contributed by atoms with van der Waals surface area (Å²) >= 11 is 6.12. The van der Waals surface area contributed by atoms with Crippen LogP contribution in [-0.4, -0.2) is 17.6 Å². The fourth-order valence-electron chi connectivity index (χ4n) is 1.94. The maximum atomic E-state index is 13.5. The molecule has 1 heterocycles. The van der Waals surface area contributed by atoms with Crippen molar-refractivity contribution in [1.29, 1.82) is 5.26 Å². The van der Waals surface area contributed by atoms with Crippen LogP contribution < -0.4 is 5.73 Å². The number of rotatable bonds is 2. The summed E-state index contributed by atoms with van der Waals surface area (Å²) in [4.78, 5) is 11.9. The van der Waals surface area contributed by atoms with Crippen molar-refractivity contribution in [2.24, 2.45) is 0 Å². The number of ether oxygens (including phenoxy) is 1. The third-order valence-electron chi connectivity index (χ3n) is 3.10. The molecule has 0 aliphatic rings. The summed E-state index contributed by atoms with van der Waals surface area (Å²) in [6.45, 7) is 1.51. The normalized spacial score (nSPS) is 10.2. The summed E-state index contributed by atoms with van der Waals surface area (Å²) in [5.74, 6) is -1.18. The first-order valence-electron chi connectivity index (χ1n) is 5.86. The highest BCUT2D eigenvalue weighted by Gasteiger charge is 2.23. The summed E-state index contributed by atoms with van der Waals surface area (Å²) < 4.78 is 19.5. The summed E-state index contributed by atoms with van der Waals surface area (Å²) in [7, 11) is 1.20. The average molecular weight is 308 g/mol. The molecule has 0 aliphatic heterocycles. The van der Waals surface area contributed by atoms with Crippen LogP contribution in [0.2, 0.25) is 5.02 Å². The number of carbonyl (C=O) groups is 1. The summed E-state index contributed by atoms with van der Waals surface area (Å²) in [6, 6.07) is 4.50. The Bertz CT molecular complexity index is 778. The summed E-state index contributed by atoms with van der Waals surface area (Å²) in [5.41, 5.74) is 6.42. The van der Waals surface area contributed by atoms with Gasteiger partial charge in [0.05, 0.1) is 29.1 Å². The first-order chi connectivity index (χ1) is 9.92. The molecule has 7 heteroatoms. The van der Waals surface area contributed by atoms with Crippen LogP contribution >= 0.6 is 11.6 Å². The largest absolute Gasteiger partial charge is 0.464 e. The Kier molecular flexibility index (Phi) is 3.87. The lowest BCUT2D eigenvalue weighted by Gasteiger charge is -2.12. The van der Waals surface area contributed by atoms with Gasteiger partial charge in [-0.2, -0.15) is 5.26 Å². The molecule has 0 saturated heterocycles. The molecule has 2 aromatic rings. The molecule has 0 aliphatic carbocycles. The molecule has 0 bridgehead atoms. The standard InChI is InChI=1S/C14H11ClFN3O2/c1-7-9(16)3-4-10(11(7)15)19-6-8(5-17)12(18)13(19)14(20)21-2/h3-4,6H,18H2,1-2H3. The number of nitrogen functional groups attached to an aromatic ring is 1. The average Bonchev–Trinajstić information content (AvgIpc) is 2.80. The minimum absolute atomic E-state index is 0.0117. The van der Waals surface area contributed by atoms with Crippen LogP contribution in [0.4, 0.5) is 10.1 Å². The van der Waals surface area contributed by atoms with Gasteiger partial charge in [0.2, 0.25) is 0 Å². The van der Waals surface area contributed by atoms with Gasteiger partial charge in [0, 0.05) is 11.8 Å². The first kappa shape index (κ1) is 14.9. The third-order valence-corrected chi connectivity index (χ3v) is 3.58. The topological polar surface area (TPSA) is 81.0 Å². The van der Waals surface area contributed by atoms with Crippen LogP contribution in [0.5, 0.6) is 0 Å². The first-order valence-corrected chi connectivity index (χ1v) is 6.24. The smallest absolute Gasteiger partial charge is 0.357 e. The molecule has 21 heavy (non-hydrogen) atoms. The number of aromatic nitrogens is 1. The van der Waals surface area contributed by atoms with Gasteiger partial charge in [0.25, 0.3) is 0 Å². The van der Waals surface area contributed by atoms with Gasteiger partial charge in [-0.3, -0.25) is 0 Å². The van der Waals surface area contributed by atoms with Crippen LogP contribution in [0, 0.1) is 24.1 Å². The minimum Gasteiger partial charge on any atom is -0.464 e. The van der Waals surface area contributed by atoms with Crippen LogP contribution in [0.1, 0.15) is 21.6 Å². The molecular weight excluding hydrogens is 297 g/mol. The van der Waals surface area contributed by atoms with Crippen molar-refractivity contribution in [3.05, 3.63) is 46.0 Å². The van der Waals surface area contributed by atoms with Crippen LogP contribution in [0.25, 0.3) is 5.69 Å². The molecule has 1 aromatic carbocycles. The maximum Gasteiger partial charge on any atom is 0.357 e. The highest BCUT2D eigenvalue weighted by Crippen LogP contribution is 2.31. The van der Waals surface area contributed by atoms with Gasteiger partial charge in [-0.15, -0.1) is 0 Å². The highest BCUT2D eigenvalue weighted by atomic mass is 35.5. The van der Waals surface area contributed by atoms with Crippen molar-refractivity contribution < 1.29 is 13.9 Å². The summed E-state index contributed by atoms with van der Waals surface area (Å²) in [5, 5.41) is 9.16. The molecular formula is C14H11ClFN3O2. The molecule has 0 fully saturated rings. The van der Waals surface area contributed by atoms with E-state index >= 15 is 0 Å². The molecule has 1 aromatic heterocycles. The molecule has 0 unspecified atom stereocenters. The number of benzene rings is 1. The van der Waals surface area contributed by atoms with E-state index in [9.17, 15) is 9.18 Å². The number of hydrogen-bond donors (Lipinski definition) is 1. The van der Waals surface area contributed by atoms with E-state index in [4.69, 9.17) is 22.6 Å². The number of carbonyl (C=O) groups excluding carboxylic acids is 1. The second kappa shape index (κ2) is 5.46. The Morgan fingerprint density at radius 1 is 1.52 bits per heavy atom. The van der Waals surface area contributed by atoms with E-state index in [1.165, 1.54) is 36.9 Å². The van der Waals surface area contributed by atoms with Gasteiger partial charge in [-0.25, -0.2) is 9.18 Å². The van der Waals surface area contributed by atoms with E-state index in [2.05, 4.69) is 4.74 Å². The lowest BCUT2D eigenvalue weighted by atomic mass is 10.2. The number of esters is 1. The van der Waals surface area contributed by atoms with E-state index in [0.717, 1.165) is 0 Å². The predicted octanol–water partition coefficient (Wildman–Crippen LogP) is 2.82. The van der Waals surface area contributed by atoms with Crippen molar-refractivity contribution in [1.82, 2.24) is 4.57 Å². The molecule has 5 nitrogen and oxygen atoms in total. The van der Waals surface area contributed by atoms with Gasteiger partial charge in [0.15, 0.2) is 5.69 Å². The SMILES string of the molecule is COC(=O)c1c(N)c(C#N)cn1-c1ccc(F)c(C)c1Cl. The quantitative estimate of drug-likeness (QED) is 0.865. The van der Waals surface area contributed by atoms with E-state index in [-0.39, 0.29) is 27.5 Å². The Labute approximate surface area is 125 Å². The predicted molar refractivity (Wildman–Crippen MR) is 75.9 cm³/mol. The molecule has 0 atom stereocenters. The van der Waals surface area contributed by atoms with E-state index < -0.39 is 11.8 Å². The lowest BCUT2D eigenvalue weighted by molar-refractivity contribution is 0.0593. The molecule has 108 valence electrons. The second-order valence-electron chi connectivity index (χ2n) is 4.28. The van der Waals surface area contributed by atoms with Crippen molar-refractivity contribution in [3.8, 4) is 11.8 Å². The van der Waals surface area contributed by atoms with Gasteiger partial charge >= 0.3 is 5.97 Å². The van der Waals surface area contributed by atoms with Gasteiger partial charge < -0.3 is 15.0 Å². The lowest BCUT2D eigenvalue weighted by Crippen LogP contribution is -2.11. The van der Waals surface area contributed by atoms with Crippen molar-refractivity contribution >= 4 is 23.3 Å². The molecule has 0 amide bonds. The Balaban J connectivity index is 2.79. The summed E-state index contributed by atoms with van der Waals surface area (Å²) in [6.07, 6.45) is 1.36. The minimum atomic E-state index is -0.716. The zero-order chi connectivity index (χ0) is 15.7. The number of methoxy groups -OCH3 is 1. The fourth-order valence-corrected chi connectivity index (χ4v) is 2.18. The van der Waals surface area contributed by atoms with E-state index in [1.807, 2.05) is 6.07 Å². The molecule has 0 spiro atoms. The van der Waals surface area contributed by atoms with Gasteiger partial charge in [-0.1, -0.05) is 11.6 Å². The number of halogens is 2. The molecule has 2 rings (SSSR count). The zero-order valence-corrected chi connectivity index (χ0v) is 12.0. The number of nitrogens with zero attached hydrogens (tertiary/aromatic N) is 2. The highest BCUT2D eigenvalue weighted by molar-refractivity contribution is 6.33. The van der Waals surface area contributed by atoms with Gasteiger partial charge in [0.1, 0.15) is 11.9 Å². The number of anilines is 1. The molecule has 2 N–H and O–H groups in total. The third kappa shape index (κ3) is 2.32. The maximum absolute atomic E-state index is 13.5.